The molecule has 0 fully saturated rings. The molecule has 8 nitrogen and oxygen atoms in total. The molecule has 0 unspecified atom stereocenters. The number of rotatable bonds is 8. The third kappa shape index (κ3) is 7.35. The molecule has 0 spiro atoms. The number of nitrogens with zero attached hydrogens (tertiary/aromatic N) is 4. The number of carbonyl (C=O) groups excluding carboxylic acids is 2. The number of ether oxygens (including phenoxy) is 2. The number of azo groups is 2. The lowest BCUT2D eigenvalue weighted by Crippen LogP contribution is -2.12. The summed E-state index contributed by atoms with van der Waals surface area (Å²) in [5.41, 5.74) is 6.98. The number of benzene rings is 5. The Hall–Kier alpha value is -5.76. The molecule has 0 saturated heterocycles. The van der Waals surface area contributed by atoms with Gasteiger partial charge in [-0.25, -0.2) is 9.59 Å². The van der Waals surface area contributed by atoms with Crippen LogP contribution in [0.15, 0.2) is 130 Å². The zero-order valence-corrected chi connectivity index (χ0v) is 24.8. The van der Waals surface area contributed by atoms with Gasteiger partial charge in [-0.05, 0) is 123 Å². The van der Waals surface area contributed by atoms with Crippen molar-refractivity contribution < 1.29 is 19.1 Å². The zero-order chi connectivity index (χ0) is 31.1. The van der Waals surface area contributed by atoms with E-state index in [9.17, 15) is 9.59 Å². The average molecular weight is 583 g/mol. The highest BCUT2D eigenvalue weighted by Crippen LogP contribution is 2.29. The fourth-order valence-electron chi connectivity index (χ4n) is 4.26. The molecule has 0 aliphatic carbocycles. The predicted molar refractivity (Wildman–Crippen MR) is 169 cm³/mol. The number of hydrogen-bond donors (Lipinski definition) is 0. The van der Waals surface area contributed by atoms with Crippen LogP contribution in [0.2, 0.25) is 0 Å². The molecule has 5 rings (SSSR count). The van der Waals surface area contributed by atoms with Crippen molar-refractivity contribution in [2.24, 2.45) is 20.5 Å². The van der Waals surface area contributed by atoms with Gasteiger partial charge in [-0.1, -0.05) is 36.4 Å². The number of aryl methyl sites for hydroxylation is 4. The highest BCUT2D eigenvalue weighted by Gasteiger charge is 2.15. The van der Waals surface area contributed by atoms with Crippen LogP contribution in [0.25, 0.3) is 0 Å². The molecule has 5 aromatic rings. The first-order valence-corrected chi connectivity index (χ1v) is 14.0. The van der Waals surface area contributed by atoms with Crippen LogP contribution in [-0.2, 0) is 0 Å². The first kappa shape index (κ1) is 29.7. The van der Waals surface area contributed by atoms with Crippen LogP contribution in [0.4, 0.5) is 22.7 Å². The summed E-state index contributed by atoms with van der Waals surface area (Å²) in [6, 6.07) is 32.0. The van der Waals surface area contributed by atoms with E-state index in [1.165, 1.54) is 24.3 Å². The molecule has 218 valence electrons. The predicted octanol–water partition coefficient (Wildman–Crippen LogP) is 10.2. The van der Waals surface area contributed by atoms with Gasteiger partial charge in [-0.2, -0.15) is 20.5 Å². The van der Waals surface area contributed by atoms with Crippen molar-refractivity contribution in [1.29, 1.82) is 0 Å². The summed E-state index contributed by atoms with van der Waals surface area (Å²) in [6.45, 7) is 7.60. The first-order chi connectivity index (χ1) is 21.3. The minimum absolute atomic E-state index is 0.295. The van der Waals surface area contributed by atoms with Crippen LogP contribution in [0.3, 0.4) is 0 Å². The van der Waals surface area contributed by atoms with Gasteiger partial charge in [0.15, 0.2) is 0 Å². The third-order valence-corrected chi connectivity index (χ3v) is 6.86. The fraction of sp³-hybridized carbons (Fsp3) is 0.111. The van der Waals surface area contributed by atoms with E-state index in [2.05, 4.69) is 20.5 Å². The standard InChI is InChI=1S/C36H30N4O4/c1-23-9-5-7-11-31(23)39-37-29-17-19-33(25(3)21-29)43-35(41)27-13-15-28(16-14-27)36(42)44-34-20-18-30(22-26(34)4)38-40-32-12-8-6-10-24(32)2/h5-22H,1-4H3. The molecular formula is C36H30N4O4. The Morgan fingerprint density at radius 3 is 1.20 bits per heavy atom. The topological polar surface area (TPSA) is 102 Å². The number of carbonyl (C=O) groups is 2. The Labute approximate surface area is 255 Å². The molecule has 0 aliphatic rings. The number of hydrogen-bond acceptors (Lipinski definition) is 8. The minimum atomic E-state index is -0.548. The van der Waals surface area contributed by atoms with E-state index < -0.39 is 11.9 Å². The lowest BCUT2D eigenvalue weighted by molar-refractivity contribution is 0.0719. The fourth-order valence-corrected chi connectivity index (χ4v) is 4.26. The summed E-state index contributed by atoms with van der Waals surface area (Å²) >= 11 is 0. The monoisotopic (exact) mass is 582 g/mol. The zero-order valence-electron chi connectivity index (χ0n) is 24.8. The lowest BCUT2D eigenvalue weighted by Gasteiger charge is -2.09. The first-order valence-electron chi connectivity index (χ1n) is 14.0. The van der Waals surface area contributed by atoms with Crippen molar-refractivity contribution >= 4 is 34.7 Å². The Morgan fingerprint density at radius 1 is 0.455 bits per heavy atom. The molecule has 44 heavy (non-hydrogen) atoms. The van der Waals surface area contributed by atoms with Crippen LogP contribution >= 0.6 is 0 Å². The molecule has 5 aromatic carbocycles. The van der Waals surface area contributed by atoms with Crippen molar-refractivity contribution in [1.82, 2.24) is 0 Å². The summed E-state index contributed by atoms with van der Waals surface area (Å²) < 4.78 is 11.2. The van der Waals surface area contributed by atoms with Crippen molar-refractivity contribution in [2.75, 3.05) is 0 Å². The summed E-state index contributed by atoms with van der Waals surface area (Å²) in [5.74, 6) is -0.279. The molecule has 0 bridgehead atoms. The van der Waals surface area contributed by atoms with Gasteiger partial charge in [0.05, 0.1) is 33.9 Å². The van der Waals surface area contributed by atoms with Gasteiger partial charge in [-0.3, -0.25) is 0 Å². The van der Waals surface area contributed by atoms with Gasteiger partial charge in [-0.15, -0.1) is 0 Å². The smallest absolute Gasteiger partial charge is 0.343 e. The molecule has 0 N–H and O–H groups in total. The van der Waals surface area contributed by atoms with Gasteiger partial charge < -0.3 is 9.47 Å². The van der Waals surface area contributed by atoms with E-state index in [0.29, 0.717) is 34.0 Å². The Balaban J connectivity index is 1.19. The average Bonchev–Trinajstić information content (AvgIpc) is 3.02. The SMILES string of the molecule is Cc1ccccc1N=Nc1ccc(OC(=O)c2ccc(C(=O)Oc3ccc(N=Nc4ccccc4C)cc3C)cc2)c(C)c1. The Morgan fingerprint density at radius 2 is 0.841 bits per heavy atom. The summed E-state index contributed by atoms with van der Waals surface area (Å²) in [4.78, 5) is 25.6. The maximum atomic E-state index is 12.8. The minimum Gasteiger partial charge on any atom is -0.423 e. The summed E-state index contributed by atoms with van der Waals surface area (Å²) in [5, 5.41) is 17.2. The largest absolute Gasteiger partial charge is 0.423 e. The van der Waals surface area contributed by atoms with Gasteiger partial charge in [0, 0.05) is 0 Å². The summed E-state index contributed by atoms with van der Waals surface area (Å²) in [7, 11) is 0. The highest BCUT2D eigenvalue weighted by atomic mass is 16.5. The maximum absolute atomic E-state index is 12.8. The van der Waals surface area contributed by atoms with Crippen LogP contribution in [0.1, 0.15) is 43.0 Å². The molecule has 0 radical (unpaired) electrons. The van der Waals surface area contributed by atoms with Crippen molar-refractivity contribution in [2.45, 2.75) is 27.7 Å². The van der Waals surface area contributed by atoms with Crippen LogP contribution < -0.4 is 9.47 Å². The highest BCUT2D eigenvalue weighted by molar-refractivity contribution is 5.95. The number of esters is 2. The van der Waals surface area contributed by atoms with Gasteiger partial charge in [0.1, 0.15) is 11.5 Å². The molecule has 0 saturated carbocycles. The Kier molecular flexibility index (Phi) is 9.10. The second kappa shape index (κ2) is 13.5. The van der Waals surface area contributed by atoms with E-state index in [4.69, 9.17) is 9.47 Å². The maximum Gasteiger partial charge on any atom is 0.343 e. The quantitative estimate of drug-likeness (QED) is 0.103. The second-order valence-electron chi connectivity index (χ2n) is 10.2. The Bertz CT molecular complexity index is 1760. The molecular weight excluding hydrogens is 552 g/mol. The summed E-state index contributed by atoms with van der Waals surface area (Å²) in [6.07, 6.45) is 0. The lowest BCUT2D eigenvalue weighted by atomic mass is 10.1. The van der Waals surface area contributed by atoms with Gasteiger partial charge in [0.2, 0.25) is 0 Å². The van der Waals surface area contributed by atoms with E-state index >= 15 is 0 Å². The molecule has 8 heteroatoms. The van der Waals surface area contributed by atoms with E-state index in [0.717, 1.165) is 33.6 Å². The van der Waals surface area contributed by atoms with E-state index in [1.54, 1.807) is 36.4 Å². The molecule has 0 amide bonds. The van der Waals surface area contributed by atoms with Crippen LogP contribution in [0, 0.1) is 27.7 Å². The van der Waals surface area contributed by atoms with Gasteiger partial charge in [0.25, 0.3) is 0 Å². The van der Waals surface area contributed by atoms with Crippen molar-refractivity contribution in [3.8, 4) is 11.5 Å². The van der Waals surface area contributed by atoms with Crippen LogP contribution in [0.5, 0.6) is 11.5 Å². The third-order valence-electron chi connectivity index (χ3n) is 6.86. The molecule has 0 aliphatic heterocycles. The molecule has 0 atom stereocenters. The second-order valence-corrected chi connectivity index (χ2v) is 10.2. The van der Waals surface area contributed by atoms with E-state index in [1.807, 2.05) is 76.2 Å². The normalized spacial score (nSPS) is 11.2. The van der Waals surface area contributed by atoms with Crippen molar-refractivity contribution in [3.05, 3.63) is 143 Å². The molecule has 0 aromatic heterocycles. The van der Waals surface area contributed by atoms with Gasteiger partial charge >= 0.3 is 11.9 Å². The van der Waals surface area contributed by atoms with E-state index in [-0.39, 0.29) is 0 Å². The molecule has 0 heterocycles. The van der Waals surface area contributed by atoms with Crippen LogP contribution in [-0.4, -0.2) is 11.9 Å². The van der Waals surface area contributed by atoms with Crippen molar-refractivity contribution in [3.63, 3.8) is 0 Å².